The van der Waals surface area contributed by atoms with Gasteiger partial charge in [-0.1, -0.05) is 90.3 Å². The summed E-state index contributed by atoms with van der Waals surface area (Å²) in [4.78, 5) is 32.6. The van der Waals surface area contributed by atoms with Crippen LogP contribution in [0.3, 0.4) is 0 Å². The van der Waals surface area contributed by atoms with Gasteiger partial charge in [0.05, 0.1) is 27.0 Å². The van der Waals surface area contributed by atoms with Gasteiger partial charge in [0, 0.05) is 18.5 Å². The number of rotatable bonds is 13. The highest BCUT2D eigenvalue weighted by Crippen LogP contribution is 2.36. The van der Waals surface area contributed by atoms with E-state index in [1.54, 1.807) is 28.0 Å². The van der Waals surface area contributed by atoms with Crippen molar-refractivity contribution in [1.29, 1.82) is 0 Å². The topological polar surface area (TPSA) is 97.3 Å². The van der Waals surface area contributed by atoms with Crippen molar-refractivity contribution >= 4 is 96.0 Å². The van der Waals surface area contributed by atoms with Crippen LogP contribution >= 0.6 is 58.4 Å². The lowest BCUT2D eigenvalue weighted by Crippen LogP contribution is -2.29. The maximum Gasteiger partial charge on any atom is 0.266 e. The Morgan fingerprint density at radius 1 is 1.04 bits per heavy atom. The van der Waals surface area contributed by atoms with Crippen LogP contribution in [-0.2, 0) is 15.3 Å². The summed E-state index contributed by atoms with van der Waals surface area (Å²) in [6.45, 7) is 0.538. The number of hydrogen-bond donors (Lipinski definition) is 1. The number of anilines is 1. The van der Waals surface area contributed by atoms with E-state index in [1.165, 1.54) is 42.4 Å². The molecule has 4 aromatic rings. The molecule has 1 saturated carbocycles. The van der Waals surface area contributed by atoms with Gasteiger partial charge in [-0.15, -0.1) is 21.5 Å². The van der Waals surface area contributed by atoms with Crippen LogP contribution in [0, 0.1) is 0 Å². The predicted molar refractivity (Wildman–Crippen MR) is 190 cm³/mol. The number of hydrogen-bond acceptors (Lipinski definition) is 11. The summed E-state index contributed by atoms with van der Waals surface area (Å²) in [5, 5.41) is 12.6. The van der Waals surface area contributed by atoms with E-state index in [4.69, 9.17) is 17.0 Å². The average Bonchev–Trinajstić information content (AvgIpc) is 3.75. The van der Waals surface area contributed by atoms with Crippen molar-refractivity contribution < 1.29 is 14.3 Å². The number of amides is 2. The number of nitrogens with zero attached hydrogens (tertiary/aromatic N) is 4. The van der Waals surface area contributed by atoms with Crippen LogP contribution in [0.4, 0.5) is 5.13 Å². The molecule has 0 unspecified atom stereocenters. The predicted octanol–water partition coefficient (Wildman–Crippen LogP) is 8.55. The largest absolute Gasteiger partial charge is 0.490 e. The van der Waals surface area contributed by atoms with Gasteiger partial charge >= 0.3 is 0 Å². The fourth-order valence-electron chi connectivity index (χ4n) is 5.22. The van der Waals surface area contributed by atoms with Crippen molar-refractivity contribution in [2.75, 3.05) is 11.9 Å². The van der Waals surface area contributed by atoms with Crippen LogP contribution in [0.2, 0.25) is 0 Å². The first-order valence-corrected chi connectivity index (χ1v) is 19.0. The lowest BCUT2D eigenvalue weighted by Gasteiger charge is -2.23. The Morgan fingerprint density at radius 3 is 2.73 bits per heavy atom. The van der Waals surface area contributed by atoms with Crippen LogP contribution in [0.5, 0.6) is 5.75 Å². The Hall–Kier alpha value is -2.84. The standard InChI is InChI=1S/C32H33N5O3S5/c38-27(34-30-36-35-28(45-30)20-42-31-33-23-14-7-9-16-25(23)43-31)17-5-2-10-18-37-29(39)26(44-32(37)41)19-21-11-6-8-15-24(21)40-22-12-3-1-4-13-22/h6-9,11,14-16,19,22H,1-5,10,12-13,17-18,20H2,(H,34,36,38)/b26-19-. The zero-order valence-electron chi connectivity index (χ0n) is 24.6. The molecule has 0 spiro atoms. The fourth-order valence-corrected chi connectivity index (χ4v) is 9.33. The van der Waals surface area contributed by atoms with E-state index in [2.05, 4.69) is 26.6 Å². The molecule has 2 aliphatic rings. The molecule has 0 atom stereocenters. The molecule has 1 saturated heterocycles. The van der Waals surface area contributed by atoms with Gasteiger partial charge in [-0.3, -0.25) is 14.5 Å². The molecule has 0 bridgehead atoms. The second kappa shape index (κ2) is 15.6. The number of carbonyl (C=O) groups is 2. The van der Waals surface area contributed by atoms with E-state index in [9.17, 15) is 9.59 Å². The van der Waals surface area contributed by atoms with E-state index >= 15 is 0 Å². The SMILES string of the molecule is O=C(CCCCCN1C(=O)/C(=C/c2ccccc2OC2CCCCC2)SC1=S)Nc1nnc(CSc2nc3ccccc3s2)s1. The Bertz CT molecular complexity index is 1660. The molecule has 1 N–H and O–H groups in total. The molecule has 2 aromatic heterocycles. The maximum absolute atomic E-state index is 13.2. The van der Waals surface area contributed by atoms with Gasteiger partial charge in [0.2, 0.25) is 11.0 Å². The number of aromatic nitrogens is 3. The van der Waals surface area contributed by atoms with Crippen molar-refractivity contribution in [2.45, 2.75) is 74.0 Å². The second-order valence-corrected chi connectivity index (χ2v) is 15.8. The lowest BCUT2D eigenvalue weighted by atomic mass is 9.97. The van der Waals surface area contributed by atoms with Gasteiger partial charge in [0.15, 0.2) is 4.34 Å². The van der Waals surface area contributed by atoms with E-state index < -0.39 is 0 Å². The lowest BCUT2D eigenvalue weighted by molar-refractivity contribution is -0.122. The molecular weight excluding hydrogens is 663 g/mol. The van der Waals surface area contributed by atoms with Crippen molar-refractivity contribution in [2.24, 2.45) is 0 Å². The number of fused-ring (bicyclic) bond motifs is 1. The van der Waals surface area contributed by atoms with Crippen LogP contribution in [0.1, 0.15) is 68.4 Å². The third kappa shape index (κ3) is 8.70. The number of unbranched alkanes of at least 4 members (excludes halogenated alkanes) is 2. The minimum atomic E-state index is -0.0841. The Labute approximate surface area is 284 Å². The van der Waals surface area contributed by atoms with Crippen LogP contribution < -0.4 is 10.1 Å². The van der Waals surface area contributed by atoms with Crippen molar-refractivity contribution in [3.63, 3.8) is 0 Å². The summed E-state index contributed by atoms with van der Waals surface area (Å²) in [6, 6.07) is 16.0. The number of para-hydroxylation sites is 2. The van der Waals surface area contributed by atoms with E-state index in [0.717, 1.165) is 56.6 Å². The summed E-state index contributed by atoms with van der Waals surface area (Å²) in [5.41, 5.74) is 1.91. The van der Waals surface area contributed by atoms with E-state index in [-0.39, 0.29) is 17.9 Å². The van der Waals surface area contributed by atoms with Crippen LogP contribution in [0.15, 0.2) is 57.8 Å². The quantitative estimate of drug-likeness (QED) is 0.0639. The number of ether oxygens (including phenoxy) is 1. The van der Waals surface area contributed by atoms with Gasteiger partial charge in [0.1, 0.15) is 15.1 Å². The summed E-state index contributed by atoms with van der Waals surface area (Å²) in [5.74, 6) is 1.32. The minimum Gasteiger partial charge on any atom is -0.490 e. The van der Waals surface area contributed by atoms with Gasteiger partial charge in [-0.2, -0.15) is 0 Å². The number of thiocarbonyl (C=S) groups is 1. The molecule has 6 rings (SSSR count). The molecule has 1 aliphatic carbocycles. The Balaban J connectivity index is 0.913. The molecule has 2 fully saturated rings. The zero-order valence-corrected chi connectivity index (χ0v) is 28.7. The van der Waals surface area contributed by atoms with Crippen molar-refractivity contribution in [3.05, 3.63) is 64.0 Å². The highest BCUT2D eigenvalue weighted by Gasteiger charge is 2.31. The minimum absolute atomic E-state index is 0.0661. The molecular formula is C32H33N5O3S5. The third-order valence-corrected chi connectivity index (χ3v) is 12.1. The van der Waals surface area contributed by atoms with Gasteiger partial charge in [0.25, 0.3) is 5.91 Å². The normalized spacial score (nSPS) is 16.6. The molecule has 3 heterocycles. The number of benzene rings is 2. The molecule has 2 aromatic carbocycles. The molecule has 0 radical (unpaired) electrons. The third-order valence-electron chi connectivity index (χ3n) is 7.52. The van der Waals surface area contributed by atoms with Crippen LogP contribution in [-0.4, -0.2) is 48.9 Å². The van der Waals surface area contributed by atoms with Gasteiger partial charge in [-0.05, 0) is 62.8 Å². The van der Waals surface area contributed by atoms with Crippen molar-refractivity contribution in [1.82, 2.24) is 20.1 Å². The highest BCUT2D eigenvalue weighted by atomic mass is 32.2. The van der Waals surface area contributed by atoms with Gasteiger partial charge in [-0.25, -0.2) is 4.98 Å². The van der Waals surface area contributed by atoms with Gasteiger partial charge < -0.3 is 10.1 Å². The smallest absolute Gasteiger partial charge is 0.266 e. The fraction of sp³-hybridized carbons (Fsp3) is 0.375. The zero-order chi connectivity index (χ0) is 31.0. The number of thiazole rings is 1. The first kappa shape index (κ1) is 32.1. The molecule has 13 heteroatoms. The molecule has 8 nitrogen and oxygen atoms in total. The van der Waals surface area contributed by atoms with E-state index in [1.807, 2.05) is 48.5 Å². The molecule has 234 valence electrons. The number of thioether (sulfide) groups is 2. The number of nitrogens with one attached hydrogen (secondary N) is 1. The Kier molecular flexibility index (Phi) is 11.2. The summed E-state index contributed by atoms with van der Waals surface area (Å²) < 4.78 is 9.04. The first-order chi connectivity index (χ1) is 22.0. The Morgan fingerprint density at radius 2 is 1.87 bits per heavy atom. The molecule has 2 amide bonds. The monoisotopic (exact) mass is 695 g/mol. The molecule has 45 heavy (non-hydrogen) atoms. The summed E-state index contributed by atoms with van der Waals surface area (Å²) in [6.07, 6.45) is 10.6. The maximum atomic E-state index is 13.2. The molecule has 1 aliphatic heterocycles. The van der Waals surface area contributed by atoms with E-state index in [0.29, 0.717) is 39.5 Å². The number of carbonyl (C=O) groups excluding carboxylic acids is 2. The average molecular weight is 696 g/mol. The summed E-state index contributed by atoms with van der Waals surface area (Å²) >= 11 is 11.6. The van der Waals surface area contributed by atoms with Crippen LogP contribution in [0.25, 0.3) is 16.3 Å². The first-order valence-electron chi connectivity index (χ1n) is 15.1. The van der Waals surface area contributed by atoms with Crippen molar-refractivity contribution in [3.8, 4) is 5.75 Å². The second-order valence-electron chi connectivity index (χ2n) is 10.8. The summed E-state index contributed by atoms with van der Waals surface area (Å²) in [7, 11) is 0. The highest BCUT2D eigenvalue weighted by molar-refractivity contribution is 8.26.